The first-order valence-corrected chi connectivity index (χ1v) is 8.83. The van der Waals surface area contributed by atoms with E-state index in [0.717, 1.165) is 22.6 Å². The molecule has 0 spiro atoms. The Morgan fingerprint density at radius 2 is 1.85 bits per heavy atom. The van der Waals surface area contributed by atoms with Crippen molar-refractivity contribution >= 4 is 17.5 Å². The molecule has 1 saturated carbocycles. The van der Waals surface area contributed by atoms with E-state index in [1.54, 1.807) is 7.11 Å². The molecule has 0 radical (unpaired) electrons. The standard InChI is InChI=1S/C21H24N2O3/c1-15-5-3-7-17(13-15)23-20(25)21(10-11-21)19(24)22-12-9-16-6-4-8-18(14-16)26-2/h3-8,13-14H,9-12H2,1-2H3,(H,22,24)(H,23,25). The Morgan fingerprint density at radius 3 is 2.54 bits per heavy atom. The van der Waals surface area contributed by atoms with Gasteiger partial charge in [0.25, 0.3) is 0 Å². The monoisotopic (exact) mass is 352 g/mol. The third-order valence-electron chi connectivity index (χ3n) is 4.73. The number of hydrogen-bond donors (Lipinski definition) is 2. The van der Waals surface area contributed by atoms with Gasteiger partial charge in [-0.25, -0.2) is 0 Å². The molecule has 2 aromatic carbocycles. The highest BCUT2D eigenvalue weighted by molar-refractivity contribution is 6.13. The number of amides is 2. The van der Waals surface area contributed by atoms with Crippen LogP contribution >= 0.6 is 0 Å². The molecule has 0 bridgehead atoms. The molecule has 2 N–H and O–H groups in total. The highest BCUT2D eigenvalue weighted by Crippen LogP contribution is 2.46. The first kappa shape index (κ1) is 18.0. The van der Waals surface area contributed by atoms with E-state index >= 15 is 0 Å². The smallest absolute Gasteiger partial charge is 0.240 e. The molecule has 1 aliphatic rings. The summed E-state index contributed by atoms with van der Waals surface area (Å²) in [6.07, 6.45) is 1.88. The second-order valence-corrected chi connectivity index (χ2v) is 6.76. The maximum absolute atomic E-state index is 12.6. The van der Waals surface area contributed by atoms with Crippen molar-refractivity contribution in [2.75, 3.05) is 19.0 Å². The second-order valence-electron chi connectivity index (χ2n) is 6.76. The maximum atomic E-state index is 12.6. The first-order valence-electron chi connectivity index (χ1n) is 8.83. The van der Waals surface area contributed by atoms with Gasteiger partial charge in [0.2, 0.25) is 11.8 Å². The van der Waals surface area contributed by atoms with Crippen LogP contribution in [-0.2, 0) is 16.0 Å². The Morgan fingerprint density at radius 1 is 1.08 bits per heavy atom. The van der Waals surface area contributed by atoms with E-state index in [4.69, 9.17) is 4.74 Å². The van der Waals surface area contributed by atoms with E-state index in [0.29, 0.717) is 25.8 Å². The number of ether oxygens (including phenoxy) is 1. The van der Waals surface area contributed by atoms with Crippen molar-refractivity contribution in [3.63, 3.8) is 0 Å². The molecule has 0 aromatic heterocycles. The van der Waals surface area contributed by atoms with Crippen LogP contribution in [0.4, 0.5) is 5.69 Å². The molecule has 2 amide bonds. The minimum atomic E-state index is -0.919. The number of methoxy groups -OCH3 is 1. The molecule has 136 valence electrons. The van der Waals surface area contributed by atoms with Crippen LogP contribution < -0.4 is 15.4 Å². The fourth-order valence-electron chi connectivity index (χ4n) is 2.97. The molecular formula is C21H24N2O3. The lowest BCUT2D eigenvalue weighted by Crippen LogP contribution is -2.40. The molecule has 0 unspecified atom stereocenters. The van der Waals surface area contributed by atoms with Crippen molar-refractivity contribution in [3.05, 3.63) is 59.7 Å². The number of carbonyl (C=O) groups excluding carboxylic acids is 2. The number of rotatable bonds is 7. The third-order valence-corrected chi connectivity index (χ3v) is 4.73. The minimum absolute atomic E-state index is 0.189. The summed E-state index contributed by atoms with van der Waals surface area (Å²) in [6, 6.07) is 15.3. The number of nitrogens with one attached hydrogen (secondary N) is 2. The highest BCUT2D eigenvalue weighted by Gasteiger charge is 2.56. The van der Waals surface area contributed by atoms with Crippen LogP contribution in [0, 0.1) is 12.3 Å². The third kappa shape index (κ3) is 4.04. The van der Waals surface area contributed by atoms with Gasteiger partial charge in [-0.3, -0.25) is 9.59 Å². The lowest BCUT2D eigenvalue weighted by Gasteiger charge is -2.16. The van der Waals surface area contributed by atoms with Crippen LogP contribution in [0.25, 0.3) is 0 Å². The van der Waals surface area contributed by atoms with Crippen molar-refractivity contribution in [1.82, 2.24) is 5.32 Å². The van der Waals surface area contributed by atoms with Gasteiger partial charge in [0.1, 0.15) is 11.2 Å². The predicted octanol–water partition coefficient (Wildman–Crippen LogP) is 3.08. The quantitative estimate of drug-likeness (QED) is 0.753. The number of anilines is 1. The molecule has 0 aliphatic heterocycles. The van der Waals surface area contributed by atoms with Gasteiger partial charge < -0.3 is 15.4 Å². The van der Waals surface area contributed by atoms with Gasteiger partial charge in [-0.2, -0.15) is 0 Å². The van der Waals surface area contributed by atoms with Crippen molar-refractivity contribution < 1.29 is 14.3 Å². The summed E-state index contributed by atoms with van der Waals surface area (Å²) in [4.78, 5) is 25.1. The average Bonchev–Trinajstić information content (AvgIpc) is 3.44. The van der Waals surface area contributed by atoms with E-state index in [2.05, 4.69) is 10.6 Å². The molecule has 5 heteroatoms. The number of aryl methyl sites for hydroxylation is 1. The molecule has 3 rings (SSSR count). The van der Waals surface area contributed by atoms with Crippen molar-refractivity contribution in [1.29, 1.82) is 0 Å². The van der Waals surface area contributed by atoms with Crippen LogP contribution in [0.1, 0.15) is 24.0 Å². The van der Waals surface area contributed by atoms with E-state index in [1.165, 1.54) is 0 Å². The fourth-order valence-corrected chi connectivity index (χ4v) is 2.97. The molecule has 0 atom stereocenters. The first-order chi connectivity index (χ1) is 12.5. The summed E-state index contributed by atoms with van der Waals surface area (Å²) in [7, 11) is 1.63. The van der Waals surface area contributed by atoms with Crippen LogP contribution in [0.15, 0.2) is 48.5 Å². The highest BCUT2D eigenvalue weighted by atomic mass is 16.5. The van der Waals surface area contributed by atoms with E-state index < -0.39 is 5.41 Å². The Bertz CT molecular complexity index is 812. The van der Waals surface area contributed by atoms with Crippen molar-refractivity contribution in [3.8, 4) is 5.75 Å². The molecule has 0 heterocycles. The Labute approximate surface area is 153 Å². The topological polar surface area (TPSA) is 67.4 Å². The fraction of sp³-hybridized carbons (Fsp3) is 0.333. The molecule has 1 aliphatic carbocycles. The minimum Gasteiger partial charge on any atom is -0.497 e. The van der Waals surface area contributed by atoms with Crippen LogP contribution in [0.3, 0.4) is 0 Å². The van der Waals surface area contributed by atoms with Crippen molar-refractivity contribution in [2.45, 2.75) is 26.2 Å². The Balaban J connectivity index is 1.54. The summed E-state index contributed by atoms with van der Waals surface area (Å²) in [5.41, 5.74) is 1.96. The van der Waals surface area contributed by atoms with Gasteiger partial charge in [-0.15, -0.1) is 0 Å². The zero-order valence-corrected chi connectivity index (χ0v) is 15.2. The van der Waals surface area contributed by atoms with Gasteiger partial charge in [-0.05, 0) is 61.6 Å². The van der Waals surface area contributed by atoms with Gasteiger partial charge in [-0.1, -0.05) is 24.3 Å². The SMILES string of the molecule is COc1cccc(CCNC(=O)C2(C(=O)Nc3cccc(C)c3)CC2)c1. The molecule has 2 aromatic rings. The summed E-state index contributed by atoms with van der Waals surface area (Å²) in [5, 5.41) is 5.78. The van der Waals surface area contributed by atoms with Gasteiger partial charge in [0.05, 0.1) is 7.11 Å². The van der Waals surface area contributed by atoms with Gasteiger partial charge in [0, 0.05) is 12.2 Å². The summed E-state index contributed by atoms with van der Waals surface area (Å²) < 4.78 is 5.20. The van der Waals surface area contributed by atoms with Crippen LogP contribution in [-0.4, -0.2) is 25.5 Å². The predicted molar refractivity (Wildman–Crippen MR) is 101 cm³/mol. The normalized spacial score (nSPS) is 14.4. The molecule has 1 fully saturated rings. The number of hydrogen-bond acceptors (Lipinski definition) is 3. The summed E-state index contributed by atoms with van der Waals surface area (Å²) in [6.45, 7) is 2.46. The second kappa shape index (κ2) is 7.60. The van der Waals surface area contributed by atoms with Gasteiger partial charge >= 0.3 is 0 Å². The van der Waals surface area contributed by atoms with E-state index in [1.807, 2.05) is 55.5 Å². The van der Waals surface area contributed by atoms with Crippen LogP contribution in [0.5, 0.6) is 5.75 Å². The van der Waals surface area contributed by atoms with Crippen molar-refractivity contribution in [2.24, 2.45) is 5.41 Å². The van der Waals surface area contributed by atoms with Crippen LogP contribution in [0.2, 0.25) is 0 Å². The zero-order chi connectivity index (χ0) is 18.6. The Hall–Kier alpha value is -2.82. The number of carbonyl (C=O) groups is 2. The molecular weight excluding hydrogens is 328 g/mol. The lowest BCUT2D eigenvalue weighted by molar-refractivity contribution is -0.134. The Kier molecular flexibility index (Phi) is 5.26. The lowest BCUT2D eigenvalue weighted by atomic mass is 10.0. The van der Waals surface area contributed by atoms with E-state index in [-0.39, 0.29) is 11.8 Å². The molecule has 0 saturated heterocycles. The molecule has 5 nitrogen and oxygen atoms in total. The summed E-state index contributed by atoms with van der Waals surface area (Å²) in [5.74, 6) is 0.387. The number of benzene rings is 2. The maximum Gasteiger partial charge on any atom is 0.240 e. The average molecular weight is 352 g/mol. The van der Waals surface area contributed by atoms with Gasteiger partial charge in [0.15, 0.2) is 0 Å². The van der Waals surface area contributed by atoms with E-state index in [9.17, 15) is 9.59 Å². The molecule has 26 heavy (non-hydrogen) atoms. The summed E-state index contributed by atoms with van der Waals surface area (Å²) >= 11 is 0. The zero-order valence-electron chi connectivity index (χ0n) is 15.2. The largest absolute Gasteiger partial charge is 0.497 e.